The van der Waals surface area contributed by atoms with E-state index in [2.05, 4.69) is 4.74 Å². The van der Waals surface area contributed by atoms with Crippen LogP contribution in [0.15, 0.2) is 35.9 Å². The predicted octanol–water partition coefficient (Wildman–Crippen LogP) is 3.04. The van der Waals surface area contributed by atoms with Crippen LogP contribution in [0.3, 0.4) is 0 Å². The smallest absolute Gasteiger partial charge is 0.406 e. The first-order chi connectivity index (χ1) is 12.2. The fourth-order valence-corrected chi connectivity index (χ4v) is 3.41. The van der Waals surface area contributed by atoms with E-state index in [1.165, 1.54) is 29.2 Å². The Labute approximate surface area is 149 Å². The van der Waals surface area contributed by atoms with E-state index in [4.69, 9.17) is 4.74 Å². The molecule has 1 amide bonds. The first-order valence-corrected chi connectivity index (χ1v) is 8.41. The fraction of sp³-hybridized carbons (Fsp3) is 0.500. The van der Waals surface area contributed by atoms with Crippen LogP contribution in [0.2, 0.25) is 0 Å². The number of alkyl halides is 3. The maximum atomic E-state index is 12.6. The van der Waals surface area contributed by atoms with E-state index < -0.39 is 12.0 Å². The fourth-order valence-electron chi connectivity index (χ4n) is 3.41. The summed E-state index contributed by atoms with van der Waals surface area (Å²) in [6, 6.07) is 5.18. The van der Waals surface area contributed by atoms with Crippen LogP contribution in [0.4, 0.5) is 18.9 Å². The van der Waals surface area contributed by atoms with Gasteiger partial charge in [0, 0.05) is 30.3 Å². The topological polar surface area (TPSA) is 59.0 Å². The lowest BCUT2D eigenvalue weighted by atomic mass is 9.99. The Bertz CT molecular complexity index is 701. The number of ether oxygens (including phenoxy) is 2. The normalized spacial score (nSPS) is 25.4. The van der Waals surface area contributed by atoms with Gasteiger partial charge in [0.2, 0.25) is 0 Å². The van der Waals surface area contributed by atoms with Gasteiger partial charge < -0.3 is 19.5 Å². The largest absolute Gasteiger partial charge is 0.573 e. The molecule has 1 heterocycles. The molecule has 5 nitrogen and oxygen atoms in total. The number of benzene rings is 1. The lowest BCUT2D eigenvalue weighted by Crippen LogP contribution is -2.34. The van der Waals surface area contributed by atoms with E-state index in [9.17, 15) is 23.1 Å². The molecule has 0 saturated carbocycles. The number of nitrogens with zero attached hydrogens (tertiary/aromatic N) is 1. The maximum absolute atomic E-state index is 12.6. The van der Waals surface area contributed by atoms with Gasteiger partial charge in [0.05, 0.1) is 6.61 Å². The molecule has 1 saturated heterocycles. The second-order valence-electron chi connectivity index (χ2n) is 6.61. The van der Waals surface area contributed by atoms with Gasteiger partial charge in [-0.25, -0.2) is 0 Å². The van der Waals surface area contributed by atoms with Crippen LogP contribution >= 0.6 is 0 Å². The number of amides is 1. The molecule has 26 heavy (non-hydrogen) atoms. The van der Waals surface area contributed by atoms with Gasteiger partial charge in [-0.1, -0.05) is 6.92 Å². The minimum Gasteiger partial charge on any atom is -0.406 e. The monoisotopic (exact) mass is 371 g/mol. The molecule has 0 spiro atoms. The van der Waals surface area contributed by atoms with Crippen molar-refractivity contribution in [3.05, 3.63) is 35.9 Å². The van der Waals surface area contributed by atoms with Gasteiger partial charge in [-0.05, 0) is 43.2 Å². The highest BCUT2D eigenvalue weighted by Crippen LogP contribution is 2.41. The van der Waals surface area contributed by atoms with Crippen molar-refractivity contribution in [1.29, 1.82) is 0 Å². The van der Waals surface area contributed by atoms with E-state index >= 15 is 0 Å². The standard InChI is InChI=1S/C18H20F3NO4/c1-2-7-25-11-17(24)8-12-10-22(16(23)15(12)9-17)13-3-5-14(6-4-13)26-18(19,20)21/h3-6,9,12,24H,2,7-8,10-11H2,1H3/t12-,17-/m0/s1. The Hall–Kier alpha value is -2.06. The molecule has 2 atom stereocenters. The summed E-state index contributed by atoms with van der Waals surface area (Å²) in [4.78, 5) is 14.1. The summed E-state index contributed by atoms with van der Waals surface area (Å²) in [5.74, 6) is -0.704. The molecule has 1 N–H and O–H groups in total. The van der Waals surface area contributed by atoms with Crippen LogP contribution in [0.25, 0.3) is 0 Å². The van der Waals surface area contributed by atoms with Crippen molar-refractivity contribution in [2.75, 3.05) is 24.7 Å². The molecule has 2 aliphatic rings. The number of aliphatic hydroxyl groups is 1. The van der Waals surface area contributed by atoms with Gasteiger partial charge in [0.15, 0.2) is 0 Å². The summed E-state index contributed by atoms with van der Waals surface area (Å²) in [5.41, 5.74) is -0.116. The third-order valence-electron chi connectivity index (χ3n) is 4.44. The molecular weight excluding hydrogens is 351 g/mol. The predicted molar refractivity (Wildman–Crippen MR) is 87.7 cm³/mol. The molecule has 1 aromatic carbocycles. The molecule has 3 rings (SSSR count). The Morgan fingerprint density at radius 1 is 1.31 bits per heavy atom. The number of carbonyl (C=O) groups is 1. The second kappa shape index (κ2) is 6.92. The number of hydrogen-bond donors (Lipinski definition) is 1. The molecule has 0 radical (unpaired) electrons. The summed E-state index contributed by atoms with van der Waals surface area (Å²) in [7, 11) is 0. The summed E-state index contributed by atoms with van der Waals surface area (Å²) in [6.07, 6.45) is -1.95. The first kappa shape index (κ1) is 18.7. The van der Waals surface area contributed by atoms with Gasteiger partial charge in [-0.2, -0.15) is 0 Å². The van der Waals surface area contributed by atoms with Crippen LogP contribution in [0.5, 0.6) is 5.75 Å². The van der Waals surface area contributed by atoms with E-state index in [1.807, 2.05) is 6.92 Å². The number of anilines is 1. The van der Waals surface area contributed by atoms with Gasteiger partial charge >= 0.3 is 6.36 Å². The van der Waals surface area contributed by atoms with Crippen LogP contribution in [0.1, 0.15) is 19.8 Å². The van der Waals surface area contributed by atoms with Crippen LogP contribution in [-0.2, 0) is 9.53 Å². The van der Waals surface area contributed by atoms with Crippen molar-refractivity contribution in [3.8, 4) is 5.75 Å². The molecule has 0 aromatic heterocycles. The molecule has 1 aromatic rings. The van der Waals surface area contributed by atoms with Crippen molar-refractivity contribution in [2.24, 2.45) is 5.92 Å². The minimum atomic E-state index is -4.75. The third-order valence-corrected chi connectivity index (χ3v) is 4.44. The van der Waals surface area contributed by atoms with Crippen molar-refractivity contribution in [3.63, 3.8) is 0 Å². The Balaban J connectivity index is 1.69. The highest BCUT2D eigenvalue weighted by Gasteiger charge is 2.46. The highest BCUT2D eigenvalue weighted by molar-refractivity contribution is 6.09. The molecule has 0 bridgehead atoms. The van der Waals surface area contributed by atoms with Crippen molar-refractivity contribution in [1.82, 2.24) is 0 Å². The summed E-state index contributed by atoms with van der Waals surface area (Å²) in [5, 5.41) is 10.5. The number of carbonyl (C=O) groups excluding carboxylic acids is 1. The molecule has 1 aliphatic carbocycles. The van der Waals surface area contributed by atoms with Gasteiger partial charge in [-0.3, -0.25) is 4.79 Å². The minimum absolute atomic E-state index is 0.121. The zero-order valence-electron chi connectivity index (χ0n) is 14.3. The first-order valence-electron chi connectivity index (χ1n) is 8.41. The van der Waals surface area contributed by atoms with Crippen molar-refractivity contribution < 1.29 is 32.5 Å². The highest BCUT2D eigenvalue weighted by atomic mass is 19.4. The summed E-state index contributed by atoms with van der Waals surface area (Å²) in [6.45, 7) is 3.04. The van der Waals surface area contributed by atoms with Gasteiger partial charge in [-0.15, -0.1) is 13.2 Å². The number of halogens is 3. The summed E-state index contributed by atoms with van der Waals surface area (Å²) < 4.78 is 45.9. The molecule has 0 unspecified atom stereocenters. The zero-order chi connectivity index (χ0) is 18.9. The SMILES string of the molecule is CCCOC[C@@]1(O)C=C2C(=O)N(c3ccc(OC(F)(F)F)cc3)C[C@@H]2C1. The van der Waals surface area contributed by atoms with E-state index in [0.29, 0.717) is 30.8 Å². The lowest BCUT2D eigenvalue weighted by Gasteiger charge is -2.24. The van der Waals surface area contributed by atoms with Gasteiger partial charge in [0.1, 0.15) is 11.4 Å². The zero-order valence-corrected chi connectivity index (χ0v) is 14.3. The molecule has 1 fully saturated rings. The van der Waals surface area contributed by atoms with E-state index in [1.54, 1.807) is 6.08 Å². The number of hydrogen-bond acceptors (Lipinski definition) is 4. The quantitative estimate of drug-likeness (QED) is 0.781. The number of fused-ring (bicyclic) bond motifs is 1. The molecule has 1 aliphatic heterocycles. The average molecular weight is 371 g/mol. The van der Waals surface area contributed by atoms with Crippen molar-refractivity contribution in [2.45, 2.75) is 31.7 Å². The molecular formula is C18H20F3NO4. The third kappa shape index (κ3) is 4.02. The lowest BCUT2D eigenvalue weighted by molar-refractivity contribution is -0.274. The van der Waals surface area contributed by atoms with E-state index in [0.717, 1.165) is 6.42 Å². The molecule has 142 valence electrons. The van der Waals surface area contributed by atoms with Gasteiger partial charge in [0.25, 0.3) is 5.91 Å². The van der Waals surface area contributed by atoms with Crippen LogP contribution < -0.4 is 9.64 Å². The molecule has 8 heteroatoms. The Morgan fingerprint density at radius 3 is 2.58 bits per heavy atom. The maximum Gasteiger partial charge on any atom is 0.573 e. The average Bonchev–Trinajstić information content (AvgIpc) is 3.02. The van der Waals surface area contributed by atoms with E-state index in [-0.39, 0.29) is 24.2 Å². The van der Waals surface area contributed by atoms with Crippen molar-refractivity contribution >= 4 is 11.6 Å². The summed E-state index contributed by atoms with van der Waals surface area (Å²) >= 11 is 0. The second-order valence-corrected chi connectivity index (χ2v) is 6.61. The Kier molecular flexibility index (Phi) is 4.98. The van der Waals surface area contributed by atoms with Crippen LogP contribution in [0, 0.1) is 5.92 Å². The van der Waals surface area contributed by atoms with Crippen LogP contribution in [-0.4, -0.2) is 42.7 Å². The number of rotatable bonds is 6. The Morgan fingerprint density at radius 2 is 2.00 bits per heavy atom.